The standard InChI is InChI=1S/C5H10N2O7/c1-2-3-14-4(8)5(9,6(10)11)7(12)13/h4,8-9H,2-3H2,1H3. The van der Waals surface area contributed by atoms with Gasteiger partial charge in [0.2, 0.25) is 0 Å². The molecule has 0 spiro atoms. The van der Waals surface area contributed by atoms with Gasteiger partial charge in [0.15, 0.2) is 0 Å². The van der Waals surface area contributed by atoms with Crippen LogP contribution in [0.25, 0.3) is 0 Å². The second-order valence-electron chi connectivity index (χ2n) is 2.42. The molecular formula is C5H10N2O7. The van der Waals surface area contributed by atoms with E-state index in [9.17, 15) is 20.2 Å². The first kappa shape index (κ1) is 12.7. The van der Waals surface area contributed by atoms with Crippen LogP contribution in [0.3, 0.4) is 0 Å². The Labute approximate surface area is 78.2 Å². The van der Waals surface area contributed by atoms with E-state index in [1.807, 2.05) is 0 Å². The van der Waals surface area contributed by atoms with E-state index < -0.39 is 22.0 Å². The summed E-state index contributed by atoms with van der Waals surface area (Å²) in [5.41, 5.74) is 0. The zero-order valence-corrected chi connectivity index (χ0v) is 7.32. The normalized spacial score (nSPS) is 13.6. The smallest absolute Gasteiger partial charge is 0.354 e. The van der Waals surface area contributed by atoms with Gasteiger partial charge >= 0.3 is 12.1 Å². The number of nitrogens with zero attached hydrogens (tertiary/aromatic N) is 2. The highest BCUT2D eigenvalue weighted by Gasteiger charge is 2.63. The number of hydrogen-bond donors (Lipinski definition) is 2. The third-order valence-corrected chi connectivity index (χ3v) is 1.35. The fraction of sp³-hybridized carbons (Fsp3) is 1.00. The van der Waals surface area contributed by atoms with Crippen LogP contribution in [-0.2, 0) is 4.74 Å². The molecule has 1 atom stereocenters. The van der Waals surface area contributed by atoms with Crippen LogP contribution in [0.1, 0.15) is 13.3 Å². The molecule has 0 bridgehead atoms. The van der Waals surface area contributed by atoms with Crippen molar-refractivity contribution in [2.45, 2.75) is 25.5 Å². The van der Waals surface area contributed by atoms with Gasteiger partial charge in [-0.1, -0.05) is 6.92 Å². The second-order valence-corrected chi connectivity index (χ2v) is 2.42. The molecule has 82 valence electrons. The molecule has 9 nitrogen and oxygen atoms in total. The predicted molar refractivity (Wildman–Crippen MR) is 41.2 cm³/mol. The SMILES string of the molecule is CCCOC(O)C(O)([N+](=O)[O-])[N+](=O)[O-]. The Kier molecular flexibility index (Phi) is 4.34. The summed E-state index contributed by atoms with van der Waals surface area (Å²) in [6.07, 6.45) is -2.10. The van der Waals surface area contributed by atoms with Crippen LogP contribution in [0.2, 0.25) is 0 Å². The Bertz CT molecular complexity index is 216. The maximum absolute atomic E-state index is 10.1. The summed E-state index contributed by atoms with van der Waals surface area (Å²) < 4.78 is 4.30. The molecule has 0 aromatic heterocycles. The lowest BCUT2D eigenvalue weighted by Crippen LogP contribution is -2.56. The highest BCUT2D eigenvalue weighted by atomic mass is 16.8. The van der Waals surface area contributed by atoms with Crippen molar-refractivity contribution >= 4 is 0 Å². The van der Waals surface area contributed by atoms with Gasteiger partial charge in [-0.05, 0) is 6.42 Å². The fourth-order valence-corrected chi connectivity index (χ4v) is 0.588. The molecule has 0 aliphatic rings. The van der Waals surface area contributed by atoms with Gasteiger partial charge in [-0.2, -0.15) is 0 Å². The van der Waals surface area contributed by atoms with E-state index in [1.165, 1.54) is 0 Å². The van der Waals surface area contributed by atoms with E-state index in [1.54, 1.807) is 6.92 Å². The molecule has 2 N–H and O–H groups in total. The van der Waals surface area contributed by atoms with Crippen LogP contribution < -0.4 is 0 Å². The lowest BCUT2D eigenvalue weighted by Gasteiger charge is -2.15. The van der Waals surface area contributed by atoms with Crippen LogP contribution in [0.4, 0.5) is 0 Å². The summed E-state index contributed by atoms with van der Waals surface area (Å²) in [4.78, 5) is 17.0. The van der Waals surface area contributed by atoms with Gasteiger partial charge in [0.25, 0.3) is 0 Å². The number of aliphatic hydroxyl groups excluding tert-OH is 1. The van der Waals surface area contributed by atoms with Gasteiger partial charge in [-0.3, -0.25) is 25.3 Å². The van der Waals surface area contributed by atoms with Crippen LogP contribution >= 0.6 is 0 Å². The van der Waals surface area contributed by atoms with E-state index in [4.69, 9.17) is 10.2 Å². The Balaban J connectivity index is 4.65. The molecule has 14 heavy (non-hydrogen) atoms. The van der Waals surface area contributed by atoms with E-state index in [-0.39, 0.29) is 6.61 Å². The van der Waals surface area contributed by atoms with Gasteiger partial charge in [-0.15, -0.1) is 0 Å². The number of rotatable bonds is 6. The van der Waals surface area contributed by atoms with Crippen molar-refractivity contribution in [1.82, 2.24) is 0 Å². The van der Waals surface area contributed by atoms with E-state index >= 15 is 0 Å². The maximum atomic E-state index is 10.1. The van der Waals surface area contributed by atoms with E-state index in [0.717, 1.165) is 0 Å². The molecule has 0 aromatic rings. The van der Waals surface area contributed by atoms with Crippen molar-refractivity contribution in [2.75, 3.05) is 6.61 Å². The van der Waals surface area contributed by atoms with Gasteiger partial charge < -0.3 is 9.84 Å². The van der Waals surface area contributed by atoms with Crippen molar-refractivity contribution in [3.05, 3.63) is 20.2 Å². The first-order valence-electron chi connectivity index (χ1n) is 3.68. The van der Waals surface area contributed by atoms with Crippen LogP contribution in [0.15, 0.2) is 0 Å². The first-order valence-corrected chi connectivity index (χ1v) is 3.68. The average molecular weight is 210 g/mol. The van der Waals surface area contributed by atoms with Crippen LogP contribution in [0.5, 0.6) is 0 Å². The number of hydrogen-bond acceptors (Lipinski definition) is 7. The summed E-state index contributed by atoms with van der Waals surface area (Å²) in [6.45, 7) is 1.50. The summed E-state index contributed by atoms with van der Waals surface area (Å²) in [5, 5.41) is 38.1. The minimum atomic E-state index is -3.71. The Morgan fingerprint density at radius 2 is 1.86 bits per heavy atom. The van der Waals surface area contributed by atoms with Crippen LogP contribution in [0, 0.1) is 20.2 Å². The Morgan fingerprint density at radius 3 is 2.14 bits per heavy atom. The molecule has 0 rings (SSSR count). The van der Waals surface area contributed by atoms with Gasteiger partial charge in [0.1, 0.15) is 9.85 Å². The van der Waals surface area contributed by atoms with Crippen LogP contribution in [-0.4, -0.2) is 38.8 Å². The Hall–Kier alpha value is -1.32. The molecule has 0 saturated heterocycles. The van der Waals surface area contributed by atoms with Gasteiger partial charge in [0, 0.05) is 0 Å². The topological polar surface area (TPSA) is 136 Å². The fourth-order valence-electron chi connectivity index (χ4n) is 0.588. The molecule has 1 unspecified atom stereocenters. The average Bonchev–Trinajstić information content (AvgIpc) is 2.11. The van der Waals surface area contributed by atoms with Crippen molar-refractivity contribution in [1.29, 1.82) is 0 Å². The van der Waals surface area contributed by atoms with Crippen molar-refractivity contribution in [3.8, 4) is 0 Å². The van der Waals surface area contributed by atoms with E-state index in [2.05, 4.69) is 4.74 Å². The largest absolute Gasteiger partial charge is 0.627 e. The minimum Gasteiger partial charge on any atom is -0.354 e. The molecule has 0 saturated carbocycles. The van der Waals surface area contributed by atoms with Crippen molar-refractivity contribution in [2.24, 2.45) is 0 Å². The molecular weight excluding hydrogens is 200 g/mol. The monoisotopic (exact) mass is 210 g/mol. The van der Waals surface area contributed by atoms with E-state index in [0.29, 0.717) is 6.42 Å². The first-order chi connectivity index (χ1) is 6.37. The third kappa shape index (κ3) is 2.34. The molecule has 0 aliphatic carbocycles. The third-order valence-electron chi connectivity index (χ3n) is 1.35. The highest BCUT2D eigenvalue weighted by Crippen LogP contribution is 2.13. The zero-order valence-electron chi connectivity index (χ0n) is 7.32. The highest BCUT2D eigenvalue weighted by molar-refractivity contribution is 4.54. The van der Waals surface area contributed by atoms with Crippen molar-refractivity contribution < 1.29 is 24.8 Å². The maximum Gasteiger partial charge on any atom is 0.627 e. The molecule has 0 heterocycles. The summed E-state index contributed by atoms with van der Waals surface area (Å²) in [5.74, 6) is -3.71. The van der Waals surface area contributed by atoms with Crippen molar-refractivity contribution in [3.63, 3.8) is 0 Å². The Morgan fingerprint density at radius 1 is 1.43 bits per heavy atom. The number of nitro groups is 2. The molecule has 0 aromatic carbocycles. The minimum absolute atomic E-state index is 0.134. The molecule has 0 amide bonds. The van der Waals surface area contributed by atoms with Gasteiger partial charge in [-0.25, -0.2) is 0 Å². The molecule has 9 heteroatoms. The lowest BCUT2D eigenvalue weighted by atomic mass is 10.4. The molecule has 0 radical (unpaired) electrons. The summed E-state index contributed by atoms with van der Waals surface area (Å²) >= 11 is 0. The molecule has 0 aliphatic heterocycles. The lowest BCUT2D eigenvalue weighted by molar-refractivity contribution is -0.865. The molecule has 0 fully saturated rings. The number of aliphatic hydroxyl groups is 2. The zero-order chi connectivity index (χ0) is 11.4. The van der Waals surface area contributed by atoms with Gasteiger partial charge in [0.05, 0.1) is 6.61 Å². The predicted octanol–water partition coefficient (Wildman–Crippen LogP) is -1.07. The number of ether oxygens (including phenoxy) is 1. The quantitative estimate of drug-likeness (QED) is 0.323. The summed E-state index contributed by atoms with van der Waals surface area (Å²) in [6, 6.07) is 0. The second kappa shape index (κ2) is 4.79. The summed E-state index contributed by atoms with van der Waals surface area (Å²) in [7, 11) is 0.